The number of hydrogen-bond acceptors (Lipinski definition) is 4. The Morgan fingerprint density at radius 1 is 0.964 bits per heavy atom. The number of ether oxygens (including phenoxy) is 2. The van der Waals surface area contributed by atoms with E-state index in [9.17, 15) is 4.79 Å². The Hall–Kier alpha value is -2.86. The van der Waals surface area contributed by atoms with E-state index < -0.39 is 0 Å². The van der Waals surface area contributed by atoms with Gasteiger partial charge in [-0.25, -0.2) is 0 Å². The molecule has 1 aromatic heterocycles. The maximum absolute atomic E-state index is 12.5. The molecule has 2 aromatic carbocycles. The van der Waals surface area contributed by atoms with Gasteiger partial charge in [-0.1, -0.05) is 28.1 Å². The summed E-state index contributed by atoms with van der Waals surface area (Å²) in [6.07, 6.45) is 4.66. The summed E-state index contributed by atoms with van der Waals surface area (Å²) in [6, 6.07) is 15.6. The van der Waals surface area contributed by atoms with Crippen molar-refractivity contribution >= 4 is 27.5 Å². The van der Waals surface area contributed by atoms with Crippen LogP contribution in [0.25, 0.3) is 0 Å². The third kappa shape index (κ3) is 4.51. The number of carbonyl (C=O) groups excluding carboxylic acids is 1. The third-order valence-electron chi connectivity index (χ3n) is 4.46. The molecule has 5 nitrogen and oxygen atoms in total. The second kappa shape index (κ2) is 8.44. The number of amides is 1. The van der Waals surface area contributed by atoms with Crippen LogP contribution in [-0.2, 0) is 17.6 Å². The Bertz CT molecular complexity index is 975. The lowest BCUT2D eigenvalue weighted by molar-refractivity contribution is -0.115. The van der Waals surface area contributed by atoms with Crippen LogP contribution in [0.1, 0.15) is 16.7 Å². The van der Waals surface area contributed by atoms with Crippen molar-refractivity contribution in [1.82, 2.24) is 4.98 Å². The second-order valence-electron chi connectivity index (χ2n) is 6.54. The van der Waals surface area contributed by atoms with Gasteiger partial charge in [0.2, 0.25) is 5.91 Å². The Kier molecular flexibility index (Phi) is 5.58. The highest BCUT2D eigenvalue weighted by Crippen LogP contribution is 2.35. The van der Waals surface area contributed by atoms with Crippen molar-refractivity contribution in [2.45, 2.75) is 12.8 Å². The molecule has 0 bridgehead atoms. The van der Waals surface area contributed by atoms with Gasteiger partial charge in [-0.2, -0.15) is 0 Å². The zero-order valence-corrected chi connectivity index (χ0v) is 16.7. The summed E-state index contributed by atoms with van der Waals surface area (Å²) in [4.78, 5) is 16.5. The smallest absolute Gasteiger partial charge is 0.228 e. The Morgan fingerprint density at radius 3 is 2.32 bits per heavy atom. The highest BCUT2D eigenvalue weighted by atomic mass is 79.9. The van der Waals surface area contributed by atoms with Gasteiger partial charge < -0.3 is 14.8 Å². The van der Waals surface area contributed by atoms with Crippen molar-refractivity contribution < 1.29 is 14.3 Å². The van der Waals surface area contributed by atoms with Crippen LogP contribution >= 0.6 is 15.9 Å². The largest absolute Gasteiger partial charge is 0.486 e. The summed E-state index contributed by atoms with van der Waals surface area (Å²) in [5, 5.41) is 2.95. The SMILES string of the molecule is O=C(Cc1cc2c(cc1Br)OCCO2)Nc1ccc(Cc2ccncc2)cc1. The number of pyridine rings is 1. The van der Waals surface area contributed by atoms with E-state index in [-0.39, 0.29) is 12.3 Å². The van der Waals surface area contributed by atoms with Crippen LogP contribution < -0.4 is 14.8 Å². The van der Waals surface area contributed by atoms with Crippen LogP contribution in [0.5, 0.6) is 11.5 Å². The van der Waals surface area contributed by atoms with Crippen LogP contribution in [0.2, 0.25) is 0 Å². The molecule has 0 atom stereocenters. The van der Waals surface area contributed by atoms with Crippen molar-refractivity contribution in [3.63, 3.8) is 0 Å². The van der Waals surface area contributed by atoms with Crippen molar-refractivity contribution in [3.8, 4) is 11.5 Å². The zero-order valence-electron chi connectivity index (χ0n) is 15.2. The quantitative estimate of drug-likeness (QED) is 0.641. The summed E-state index contributed by atoms with van der Waals surface area (Å²) < 4.78 is 12.0. The van der Waals surface area contributed by atoms with E-state index in [0.717, 1.165) is 22.1 Å². The van der Waals surface area contributed by atoms with Crippen LogP contribution in [0.3, 0.4) is 0 Å². The lowest BCUT2D eigenvalue weighted by atomic mass is 10.1. The van der Waals surface area contributed by atoms with Crippen LogP contribution in [0.15, 0.2) is 65.4 Å². The van der Waals surface area contributed by atoms with E-state index in [1.54, 1.807) is 12.4 Å². The number of anilines is 1. The molecule has 0 saturated carbocycles. The first kappa shape index (κ1) is 18.5. The maximum Gasteiger partial charge on any atom is 0.228 e. The van der Waals surface area contributed by atoms with E-state index in [2.05, 4.69) is 26.2 Å². The second-order valence-corrected chi connectivity index (χ2v) is 7.40. The van der Waals surface area contributed by atoms with E-state index in [0.29, 0.717) is 24.7 Å². The first-order valence-electron chi connectivity index (χ1n) is 9.03. The van der Waals surface area contributed by atoms with Crippen molar-refractivity contribution in [3.05, 3.63) is 82.1 Å². The van der Waals surface area contributed by atoms with Gasteiger partial charge in [0.05, 0.1) is 6.42 Å². The standard InChI is InChI=1S/C22H19BrN2O3/c23-19-14-21-20(27-9-10-28-21)12-17(19)13-22(26)25-18-3-1-15(2-4-18)11-16-5-7-24-8-6-16/h1-8,12,14H,9-11,13H2,(H,25,26). The summed E-state index contributed by atoms with van der Waals surface area (Å²) in [7, 11) is 0. The molecule has 1 N–H and O–H groups in total. The van der Waals surface area contributed by atoms with E-state index >= 15 is 0 Å². The molecular formula is C22H19BrN2O3. The number of rotatable bonds is 5. The van der Waals surface area contributed by atoms with Crippen LogP contribution in [0, 0.1) is 0 Å². The number of nitrogens with zero attached hydrogens (tertiary/aromatic N) is 1. The fourth-order valence-electron chi connectivity index (χ4n) is 3.06. The van der Waals surface area contributed by atoms with Crippen LogP contribution in [0.4, 0.5) is 5.69 Å². The summed E-state index contributed by atoms with van der Waals surface area (Å²) in [5.41, 5.74) is 4.02. The molecule has 6 heteroatoms. The Morgan fingerprint density at radius 2 is 1.61 bits per heavy atom. The summed E-state index contributed by atoms with van der Waals surface area (Å²) in [5.74, 6) is 1.30. The lowest BCUT2D eigenvalue weighted by Gasteiger charge is -2.19. The molecule has 1 amide bonds. The summed E-state index contributed by atoms with van der Waals surface area (Å²) in [6.45, 7) is 1.06. The minimum Gasteiger partial charge on any atom is -0.486 e. The van der Waals surface area contributed by atoms with Gasteiger partial charge in [0.25, 0.3) is 0 Å². The zero-order chi connectivity index (χ0) is 19.3. The van der Waals surface area contributed by atoms with E-state index in [1.165, 1.54) is 11.1 Å². The van der Waals surface area contributed by atoms with Gasteiger partial charge in [0.1, 0.15) is 13.2 Å². The van der Waals surface area contributed by atoms with Gasteiger partial charge >= 0.3 is 0 Å². The summed E-state index contributed by atoms with van der Waals surface area (Å²) >= 11 is 3.51. The molecule has 4 rings (SSSR count). The molecule has 2 heterocycles. The Labute approximate surface area is 171 Å². The third-order valence-corrected chi connectivity index (χ3v) is 5.20. The molecule has 0 radical (unpaired) electrons. The van der Waals surface area contributed by atoms with Gasteiger partial charge in [0.15, 0.2) is 11.5 Å². The van der Waals surface area contributed by atoms with E-state index in [4.69, 9.17) is 9.47 Å². The minimum absolute atomic E-state index is 0.0840. The Balaban J connectivity index is 1.39. The number of benzene rings is 2. The number of halogens is 1. The molecule has 142 valence electrons. The fourth-order valence-corrected chi connectivity index (χ4v) is 3.52. The molecule has 0 saturated heterocycles. The molecule has 28 heavy (non-hydrogen) atoms. The highest BCUT2D eigenvalue weighted by molar-refractivity contribution is 9.10. The normalized spacial score (nSPS) is 12.5. The number of fused-ring (bicyclic) bond motifs is 1. The van der Waals surface area contributed by atoms with Gasteiger partial charge in [0, 0.05) is 22.6 Å². The minimum atomic E-state index is -0.0840. The monoisotopic (exact) mass is 438 g/mol. The maximum atomic E-state index is 12.5. The average Bonchev–Trinajstić information content (AvgIpc) is 2.71. The average molecular weight is 439 g/mol. The fraction of sp³-hybridized carbons (Fsp3) is 0.182. The molecule has 0 aliphatic carbocycles. The predicted octanol–water partition coefficient (Wildman–Crippen LogP) is 4.39. The number of aromatic nitrogens is 1. The van der Waals surface area contributed by atoms with Crippen molar-refractivity contribution in [2.24, 2.45) is 0 Å². The van der Waals surface area contributed by atoms with Gasteiger partial charge in [-0.3, -0.25) is 9.78 Å². The molecular weight excluding hydrogens is 420 g/mol. The predicted molar refractivity (Wildman–Crippen MR) is 111 cm³/mol. The number of carbonyl (C=O) groups is 1. The van der Waals surface area contributed by atoms with Crippen LogP contribution in [-0.4, -0.2) is 24.1 Å². The highest BCUT2D eigenvalue weighted by Gasteiger charge is 2.16. The molecule has 0 fully saturated rings. The first-order chi connectivity index (χ1) is 13.7. The molecule has 3 aromatic rings. The molecule has 0 spiro atoms. The van der Waals surface area contributed by atoms with Crippen molar-refractivity contribution in [2.75, 3.05) is 18.5 Å². The molecule has 1 aliphatic rings. The topological polar surface area (TPSA) is 60.5 Å². The van der Waals surface area contributed by atoms with Crippen molar-refractivity contribution in [1.29, 1.82) is 0 Å². The molecule has 1 aliphatic heterocycles. The van der Waals surface area contributed by atoms with Gasteiger partial charge in [-0.05, 0) is 59.5 Å². The number of nitrogens with one attached hydrogen (secondary N) is 1. The lowest BCUT2D eigenvalue weighted by Crippen LogP contribution is -2.17. The molecule has 0 unspecified atom stereocenters. The van der Waals surface area contributed by atoms with Gasteiger partial charge in [-0.15, -0.1) is 0 Å². The first-order valence-corrected chi connectivity index (χ1v) is 9.82. The van der Waals surface area contributed by atoms with E-state index in [1.807, 2.05) is 48.5 Å². The number of hydrogen-bond donors (Lipinski definition) is 1.